The molecule has 0 aliphatic heterocycles. The van der Waals surface area contributed by atoms with Crippen LogP contribution in [0.3, 0.4) is 0 Å². The van der Waals surface area contributed by atoms with Crippen LogP contribution in [0.1, 0.15) is 81.6 Å². The summed E-state index contributed by atoms with van der Waals surface area (Å²) in [6.07, 6.45) is -0.598. The minimum absolute atomic E-state index is 0.149. The van der Waals surface area contributed by atoms with E-state index >= 15 is 0 Å². The molecule has 0 aromatic rings. The van der Waals surface area contributed by atoms with Crippen molar-refractivity contribution in [2.75, 3.05) is 6.61 Å². The summed E-state index contributed by atoms with van der Waals surface area (Å²) >= 11 is 0. The van der Waals surface area contributed by atoms with Gasteiger partial charge in [-0.15, -0.1) is 0 Å². The summed E-state index contributed by atoms with van der Waals surface area (Å²) in [7, 11) is 0. The second-order valence-electron chi connectivity index (χ2n) is 10.4. The second-order valence-corrected chi connectivity index (χ2v) is 10.4. The SMILES string of the molecule is CCOC(=O)C[C@H](O)[C@H](CC(C)C)NC(=O)[C@H](NC(=O)[C@H](NC(=O)CC(C)C)C(C)C)C(C)C. The van der Waals surface area contributed by atoms with Crippen molar-refractivity contribution >= 4 is 23.7 Å². The number of hydrogen-bond acceptors (Lipinski definition) is 6. The minimum Gasteiger partial charge on any atom is -0.466 e. The van der Waals surface area contributed by atoms with Gasteiger partial charge in [0, 0.05) is 6.42 Å². The van der Waals surface area contributed by atoms with Crippen molar-refractivity contribution in [3.8, 4) is 0 Å². The summed E-state index contributed by atoms with van der Waals surface area (Å²) < 4.78 is 4.91. The maximum absolute atomic E-state index is 13.1. The first-order chi connectivity index (χ1) is 15.7. The molecule has 0 saturated heterocycles. The Labute approximate surface area is 205 Å². The van der Waals surface area contributed by atoms with Gasteiger partial charge >= 0.3 is 5.97 Å². The number of carbonyl (C=O) groups is 4. The zero-order valence-electron chi connectivity index (χ0n) is 22.4. The average molecular weight is 486 g/mol. The molecule has 0 aliphatic carbocycles. The smallest absolute Gasteiger partial charge is 0.308 e. The summed E-state index contributed by atoms with van der Waals surface area (Å²) in [4.78, 5) is 50.2. The van der Waals surface area contributed by atoms with E-state index < -0.39 is 42.0 Å². The van der Waals surface area contributed by atoms with Crippen LogP contribution in [0.4, 0.5) is 0 Å². The lowest BCUT2D eigenvalue weighted by atomic mass is 9.95. The zero-order valence-corrected chi connectivity index (χ0v) is 22.4. The predicted molar refractivity (Wildman–Crippen MR) is 132 cm³/mol. The van der Waals surface area contributed by atoms with Crippen molar-refractivity contribution in [1.29, 1.82) is 0 Å². The number of rotatable bonds is 15. The molecule has 3 amide bonds. The summed E-state index contributed by atoms with van der Waals surface area (Å²) in [5.41, 5.74) is 0. The first-order valence-electron chi connectivity index (χ1n) is 12.4. The van der Waals surface area contributed by atoms with E-state index in [0.717, 1.165) is 0 Å². The van der Waals surface area contributed by atoms with E-state index in [1.54, 1.807) is 20.8 Å². The maximum Gasteiger partial charge on any atom is 0.308 e. The molecule has 0 saturated carbocycles. The van der Waals surface area contributed by atoms with E-state index in [1.807, 2.05) is 41.5 Å². The van der Waals surface area contributed by atoms with Gasteiger partial charge in [0.1, 0.15) is 12.1 Å². The molecule has 0 spiro atoms. The minimum atomic E-state index is -1.12. The number of esters is 1. The van der Waals surface area contributed by atoms with Gasteiger partial charge in [-0.2, -0.15) is 0 Å². The van der Waals surface area contributed by atoms with Crippen molar-refractivity contribution in [3.63, 3.8) is 0 Å². The number of aliphatic hydroxyl groups is 1. The molecule has 0 aliphatic rings. The van der Waals surface area contributed by atoms with Crippen LogP contribution in [-0.2, 0) is 23.9 Å². The van der Waals surface area contributed by atoms with Crippen molar-refractivity contribution in [2.45, 2.75) is 106 Å². The van der Waals surface area contributed by atoms with E-state index in [4.69, 9.17) is 4.74 Å². The van der Waals surface area contributed by atoms with Gasteiger partial charge < -0.3 is 25.8 Å². The third-order valence-corrected chi connectivity index (χ3v) is 5.30. The van der Waals surface area contributed by atoms with Crippen LogP contribution < -0.4 is 16.0 Å². The highest BCUT2D eigenvalue weighted by molar-refractivity contribution is 5.92. The number of ether oxygens (including phenoxy) is 1. The van der Waals surface area contributed by atoms with E-state index in [9.17, 15) is 24.3 Å². The fourth-order valence-corrected chi connectivity index (χ4v) is 3.54. The van der Waals surface area contributed by atoms with Gasteiger partial charge in [-0.3, -0.25) is 19.2 Å². The molecular formula is C25H47N3O6. The summed E-state index contributed by atoms with van der Waals surface area (Å²) in [5.74, 6) is -1.75. The highest BCUT2D eigenvalue weighted by Crippen LogP contribution is 2.14. The van der Waals surface area contributed by atoms with Gasteiger partial charge in [-0.1, -0.05) is 55.4 Å². The first-order valence-corrected chi connectivity index (χ1v) is 12.4. The molecule has 9 nitrogen and oxygen atoms in total. The standard InChI is InChI=1S/C25H47N3O6/c1-10-34-21(31)13-19(29)18(11-14(2)3)26-24(32)23(17(8)9)28-25(33)22(16(6)7)27-20(30)12-15(4)5/h14-19,22-23,29H,10-13H2,1-9H3,(H,26,32)(H,27,30)(H,28,33)/t18-,19-,22+,23+/m0/s1. The molecule has 4 atom stereocenters. The normalized spacial score (nSPS) is 15.1. The average Bonchev–Trinajstić information content (AvgIpc) is 2.68. The largest absolute Gasteiger partial charge is 0.466 e. The Kier molecular flexibility index (Phi) is 14.7. The molecule has 0 heterocycles. The molecule has 4 N–H and O–H groups in total. The van der Waals surface area contributed by atoms with Crippen LogP contribution in [-0.4, -0.2) is 59.6 Å². The Hall–Kier alpha value is -2.16. The molecule has 34 heavy (non-hydrogen) atoms. The molecule has 0 aromatic carbocycles. The molecule has 0 unspecified atom stereocenters. The van der Waals surface area contributed by atoms with Gasteiger partial charge in [0.05, 0.1) is 25.2 Å². The van der Waals surface area contributed by atoms with E-state index in [-0.39, 0.29) is 42.6 Å². The predicted octanol–water partition coefficient (Wildman–Crippen LogP) is 2.16. The van der Waals surface area contributed by atoms with E-state index in [2.05, 4.69) is 16.0 Å². The van der Waals surface area contributed by atoms with Gasteiger partial charge in [0.25, 0.3) is 0 Å². The molecule has 0 bridgehead atoms. The summed E-state index contributed by atoms with van der Waals surface area (Å²) in [6.45, 7) is 16.9. The van der Waals surface area contributed by atoms with Crippen LogP contribution >= 0.6 is 0 Å². The van der Waals surface area contributed by atoms with Crippen molar-refractivity contribution in [1.82, 2.24) is 16.0 Å². The van der Waals surface area contributed by atoms with Crippen molar-refractivity contribution in [3.05, 3.63) is 0 Å². The Morgan fingerprint density at radius 2 is 1.24 bits per heavy atom. The van der Waals surface area contributed by atoms with Crippen LogP contribution in [0.2, 0.25) is 0 Å². The topological polar surface area (TPSA) is 134 Å². The highest BCUT2D eigenvalue weighted by atomic mass is 16.5. The van der Waals surface area contributed by atoms with E-state index in [1.165, 1.54) is 0 Å². The monoisotopic (exact) mass is 485 g/mol. The Bertz CT molecular complexity index is 663. The summed E-state index contributed by atoms with van der Waals surface area (Å²) in [5, 5.41) is 19.0. The molecule has 0 aromatic heterocycles. The number of aliphatic hydroxyl groups excluding tert-OH is 1. The summed E-state index contributed by atoms with van der Waals surface area (Å²) in [6, 6.07) is -2.33. The lowest BCUT2D eigenvalue weighted by molar-refractivity contribution is -0.146. The number of carbonyl (C=O) groups excluding carboxylic acids is 4. The van der Waals surface area contributed by atoms with Gasteiger partial charge in [-0.05, 0) is 37.0 Å². The van der Waals surface area contributed by atoms with Crippen LogP contribution in [0.5, 0.6) is 0 Å². The fourth-order valence-electron chi connectivity index (χ4n) is 3.54. The molecule has 0 rings (SSSR count). The first kappa shape index (κ1) is 31.8. The maximum atomic E-state index is 13.1. The molecule has 0 fully saturated rings. The van der Waals surface area contributed by atoms with Crippen molar-refractivity contribution < 1.29 is 29.0 Å². The van der Waals surface area contributed by atoms with Crippen LogP contribution in [0.15, 0.2) is 0 Å². The fraction of sp³-hybridized carbons (Fsp3) is 0.840. The van der Waals surface area contributed by atoms with Gasteiger partial charge in [0.15, 0.2) is 0 Å². The van der Waals surface area contributed by atoms with E-state index in [0.29, 0.717) is 12.8 Å². The van der Waals surface area contributed by atoms with Gasteiger partial charge in [-0.25, -0.2) is 0 Å². The van der Waals surface area contributed by atoms with Crippen molar-refractivity contribution in [2.24, 2.45) is 23.7 Å². The third-order valence-electron chi connectivity index (χ3n) is 5.30. The molecule has 198 valence electrons. The second kappa shape index (κ2) is 15.7. The lowest BCUT2D eigenvalue weighted by Crippen LogP contribution is -2.59. The molecule has 9 heteroatoms. The lowest BCUT2D eigenvalue weighted by Gasteiger charge is -2.30. The third kappa shape index (κ3) is 12.3. The molecule has 0 radical (unpaired) electrons. The molecular weight excluding hydrogens is 438 g/mol. The highest BCUT2D eigenvalue weighted by Gasteiger charge is 2.33. The van der Waals surface area contributed by atoms with Crippen LogP contribution in [0, 0.1) is 23.7 Å². The van der Waals surface area contributed by atoms with Gasteiger partial charge in [0.2, 0.25) is 17.7 Å². The Morgan fingerprint density at radius 3 is 1.68 bits per heavy atom. The number of amides is 3. The zero-order chi connectivity index (χ0) is 26.6. The Balaban J connectivity index is 5.46. The van der Waals surface area contributed by atoms with Crippen LogP contribution in [0.25, 0.3) is 0 Å². The quantitative estimate of drug-likeness (QED) is 0.263. The number of nitrogens with one attached hydrogen (secondary N) is 3. The number of hydrogen-bond donors (Lipinski definition) is 4. The Morgan fingerprint density at radius 1 is 0.735 bits per heavy atom.